The third kappa shape index (κ3) is 5.00. The van der Waals surface area contributed by atoms with E-state index < -0.39 is 36.0 Å². The number of carbonyl (C=O) groups is 2. The minimum atomic E-state index is -1.00. The van der Waals surface area contributed by atoms with Crippen LogP contribution in [0.3, 0.4) is 0 Å². The van der Waals surface area contributed by atoms with Gasteiger partial charge in [0.05, 0.1) is 28.3 Å². The van der Waals surface area contributed by atoms with Crippen LogP contribution in [0, 0.1) is 11.6 Å². The number of nitrogens with zero attached hydrogens (tertiary/aromatic N) is 3. The fourth-order valence-corrected chi connectivity index (χ4v) is 6.42. The van der Waals surface area contributed by atoms with Crippen molar-refractivity contribution < 1.29 is 32.4 Å². The Labute approximate surface area is 244 Å². The highest BCUT2D eigenvalue weighted by molar-refractivity contribution is 6.62. The van der Waals surface area contributed by atoms with Crippen LogP contribution >= 0.6 is 0 Å². The second-order valence-electron chi connectivity index (χ2n) is 12.6. The molecule has 1 amide bonds. The molecule has 3 aliphatic rings. The Hall–Kier alpha value is -3.31. The zero-order chi connectivity index (χ0) is 30.0. The lowest BCUT2D eigenvalue weighted by molar-refractivity contribution is -0.148. The van der Waals surface area contributed by atoms with Gasteiger partial charge in [0, 0.05) is 31.1 Å². The van der Waals surface area contributed by atoms with Gasteiger partial charge < -0.3 is 23.5 Å². The molecule has 11 heteroatoms. The molecule has 1 saturated carbocycles. The molecule has 2 aliphatic heterocycles. The lowest BCUT2D eigenvalue weighted by Crippen LogP contribution is -2.41. The van der Waals surface area contributed by atoms with E-state index >= 15 is 0 Å². The molecule has 8 nitrogen and oxygen atoms in total. The van der Waals surface area contributed by atoms with Gasteiger partial charge in [-0.2, -0.15) is 0 Å². The molecule has 1 aromatic heterocycles. The zero-order valence-corrected chi connectivity index (χ0v) is 24.7. The van der Waals surface area contributed by atoms with Gasteiger partial charge >= 0.3 is 13.1 Å². The molecule has 6 rings (SSSR count). The normalized spacial score (nSPS) is 25.4. The van der Waals surface area contributed by atoms with Crippen molar-refractivity contribution in [3.8, 4) is 0 Å². The van der Waals surface area contributed by atoms with Crippen LogP contribution < -0.4 is 10.4 Å². The lowest BCUT2D eigenvalue weighted by atomic mass is 9.79. The average molecular weight is 579 g/mol. The molecule has 3 aromatic rings. The molecule has 2 saturated heterocycles. The molecule has 0 unspecified atom stereocenters. The van der Waals surface area contributed by atoms with Crippen molar-refractivity contribution >= 4 is 41.2 Å². The highest BCUT2D eigenvalue weighted by Crippen LogP contribution is 2.42. The number of carbonyl (C=O) groups excluding carboxylic acids is 2. The van der Waals surface area contributed by atoms with E-state index in [1.165, 1.54) is 13.0 Å². The van der Waals surface area contributed by atoms with Gasteiger partial charge in [0.25, 0.3) is 0 Å². The average Bonchev–Trinajstić information content (AvgIpc) is 3.55. The number of aromatic nitrogens is 2. The minimum absolute atomic E-state index is 0.0574. The summed E-state index contributed by atoms with van der Waals surface area (Å²) in [7, 11) is -0.557. The van der Waals surface area contributed by atoms with Crippen LogP contribution in [0.4, 0.5) is 14.5 Å². The van der Waals surface area contributed by atoms with Gasteiger partial charge in [-0.1, -0.05) is 6.07 Å². The SMILES string of the molecule is CC(=O)OC1CCC(n2c([C@@H]3CCC(=O)N3c3ccc(F)c(F)c3)nc3cc(B4OC(C)(C)C(C)(C)O4)ccc32)CC1. The second-order valence-corrected chi connectivity index (χ2v) is 12.6. The van der Waals surface area contributed by atoms with Gasteiger partial charge in [0.1, 0.15) is 11.9 Å². The summed E-state index contributed by atoms with van der Waals surface area (Å²) in [5.41, 5.74) is 1.81. The summed E-state index contributed by atoms with van der Waals surface area (Å²) in [5.74, 6) is -1.72. The topological polar surface area (TPSA) is 82.9 Å². The van der Waals surface area contributed by atoms with Crippen LogP contribution in [0.2, 0.25) is 0 Å². The van der Waals surface area contributed by atoms with E-state index in [0.717, 1.165) is 41.5 Å². The van der Waals surface area contributed by atoms with Crippen molar-refractivity contribution in [3.63, 3.8) is 0 Å². The van der Waals surface area contributed by atoms with Crippen molar-refractivity contribution in [2.24, 2.45) is 0 Å². The van der Waals surface area contributed by atoms with Gasteiger partial charge in [-0.3, -0.25) is 9.59 Å². The number of ether oxygens (including phenoxy) is 1. The summed E-state index contributed by atoms with van der Waals surface area (Å²) >= 11 is 0. The molecule has 2 aromatic carbocycles. The molecular formula is C31H36BF2N3O5. The number of anilines is 1. The van der Waals surface area contributed by atoms with E-state index in [1.54, 1.807) is 4.90 Å². The molecule has 222 valence electrons. The van der Waals surface area contributed by atoms with Gasteiger partial charge in [0.2, 0.25) is 5.91 Å². The van der Waals surface area contributed by atoms with Gasteiger partial charge in [-0.05, 0) is 89.5 Å². The van der Waals surface area contributed by atoms with Crippen LogP contribution in [-0.2, 0) is 23.6 Å². The van der Waals surface area contributed by atoms with Gasteiger partial charge in [-0.25, -0.2) is 13.8 Å². The number of imidazole rings is 1. The maximum atomic E-state index is 14.3. The molecule has 0 radical (unpaired) electrons. The van der Waals surface area contributed by atoms with Crippen molar-refractivity contribution in [1.82, 2.24) is 9.55 Å². The number of rotatable bonds is 5. The number of amides is 1. The maximum absolute atomic E-state index is 14.3. The first-order valence-electron chi connectivity index (χ1n) is 14.7. The third-order valence-electron chi connectivity index (χ3n) is 9.30. The standard InChI is InChI=1S/C31H36BF2N3O5/c1-18(38)40-22-10-7-20(8-11-22)37-26-13-6-19(32-41-30(2,3)31(4,5)42-32)16-25(26)35-29(37)27-14-15-28(39)36(27)21-9-12-23(33)24(34)17-21/h6,9,12-13,16-17,20,22,27H,7-8,10-11,14-15H2,1-5H3/t20?,22?,27-/m0/s1. The van der Waals surface area contributed by atoms with Gasteiger partial charge in [0.15, 0.2) is 11.6 Å². The maximum Gasteiger partial charge on any atom is 0.494 e. The molecule has 0 bridgehead atoms. The molecular weight excluding hydrogens is 543 g/mol. The second kappa shape index (κ2) is 10.4. The number of halogens is 2. The Bertz CT molecular complexity index is 1530. The molecule has 1 atom stereocenters. The third-order valence-corrected chi connectivity index (χ3v) is 9.30. The van der Waals surface area contributed by atoms with Crippen LogP contribution in [0.5, 0.6) is 0 Å². The van der Waals surface area contributed by atoms with E-state index in [1.807, 2.05) is 45.9 Å². The Morgan fingerprint density at radius 1 is 0.976 bits per heavy atom. The predicted octanol–water partition coefficient (Wildman–Crippen LogP) is 5.53. The van der Waals surface area contributed by atoms with E-state index in [4.69, 9.17) is 19.0 Å². The summed E-state index contributed by atoms with van der Waals surface area (Å²) in [6.45, 7) is 9.46. The highest BCUT2D eigenvalue weighted by atomic mass is 19.2. The Morgan fingerprint density at radius 2 is 1.67 bits per heavy atom. The predicted molar refractivity (Wildman–Crippen MR) is 154 cm³/mol. The summed E-state index contributed by atoms with van der Waals surface area (Å²) in [6, 6.07) is 9.13. The first-order chi connectivity index (χ1) is 19.8. The molecule has 0 N–H and O–H groups in total. The number of fused-ring (bicyclic) bond motifs is 1. The van der Waals surface area contributed by atoms with Crippen LogP contribution in [0.15, 0.2) is 36.4 Å². The van der Waals surface area contributed by atoms with Crippen molar-refractivity contribution in [1.29, 1.82) is 0 Å². The lowest BCUT2D eigenvalue weighted by Gasteiger charge is -2.32. The van der Waals surface area contributed by atoms with E-state index in [2.05, 4.69) is 4.57 Å². The largest absolute Gasteiger partial charge is 0.494 e. The van der Waals surface area contributed by atoms with E-state index in [-0.39, 0.29) is 30.4 Å². The summed E-state index contributed by atoms with van der Waals surface area (Å²) in [6.07, 6.45) is 3.60. The van der Waals surface area contributed by atoms with Crippen molar-refractivity contribution in [3.05, 3.63) is 53.9 Å². The van der Waals surface area contributed by atoms with Gasteiger partial charge in [-0.15, -0.1) is 0 Å². The molecule has 3 fully saturated rings. The smallest absolute Gasteiger partial charge is 0.463 e. The molecule has 1 aliphatic carbocycles. The van der Waals surface area contributed by atoms with Crippen LogP contribution in [0.25, 0.3) is 11.0 Å². The number of hydrogen-bond donors (Lipinski definition) is 0. The highest BCUT2D eigenvalue weighted by Gasteiger charge is 2.52. The monoisotopic (exact) mass is 579 g/mol. The fourth-order valence-electron chi connectivity index (χ4n) is 6.42. The number of benzene rings is 2. The Balaban J connectivity index is 1.41. The van der Waals surface area contributed by atoms with Crippen molar-refractivity contribution in [2.45, 2.75) is 103 Å². The first-order valence-corrected chi connectivity index (χ1v) is 14.7. The van der Waals surface area contributed by atoms with Crippen molar-refractivity contribution in [2.75, 3.05) is 4.90 Å². The zero-order valence-electron chi connectivity index (χ0n) is 24.7. The Kier molecular flexibility index (Phi) is 7.16. The number of hydrogen-bond acceptors (Lipinski definition) is 6. The molecule has 42 heavy (non-hydrogen) atoms. The van der Waals surface area contributed by atoms with E-state index in [0.29, 0.717) is 30.8 Å². The quantitative estimate of drug-likeness (QED) is 0.292. The molecule has 0 spiro atoms. The van der Waals surface area contributed by atoms with E-state index in [9.17, 15) is 18.4 Å². The fraction of sp³-hybridized carbons (Fsp3) is 0.516. The summed E-state index contributed by atoms with van der Waals surface area (Å²) in [4.78, 5) is 31.3. The number of esters is 1. The molecule has 3 heterocycles. The van der Waals surface area contributed by atoms with Crippen LogP contribution in [-0.4, -0.2) is 45.9 Å². The summed E-state index contributed by atoms with van der Waals surface area (Å²) in [5, 5.41) is 0. The summed E-state index contributed by atoms with van der Waals surface area (Å²) < 4.78 is 48.3. The minimum Gasteiger partial charge on any atom is -0.463 e. The Morgan fingerprint density at radius 3 is 2.31 bits per heavy atom. The first kappa shape index (κ1) is 28.8. The van der Waals surface area contributed by atoms with Crippen LogP contribution in [0.1, 0.15) is 91.1 Å².